The largest absolute Gasteiger partial charge is 0.367 e. The molecule has 0 bridgehead atoms. The van der Waals surface area contributed by atoms with Crippen LogP contribution in [-0.2, 0) is 16.6 Å². The zero-order chi connectivity index (χ0) is 22.6. The van der Waals surface area contributed by atoms with E-state index < -0.39 is 10.0 Å². The van der Waals surface area contributed by atoms with E-state index in [1.807, 2.05) is 37.3 Å². The van der Waals surface area contributed by atoms with Gasteiger partial charge in [-0.25, -0.2) is 8.42 Å². The number of benzene rings is 2. The maximum absolute atomic E-state index is 12.9. The van der Waals surface area contributed by atoms with Gasteiger partial charge in [-0.05, 0) is 42.1 Å². The third-order valence-corrected chi connectivity index (χ3v) is 8.02. The molecule has 1 saturated heterocycles. The fraction of sp³-hybridized carbons (Fsp3) is 0.261. The van der Waals surface area contributed by atoms with Crippen molar-refractivity contribution in [1.82, 2.24) is 10.6 Å². The molecule has 168 valence electrons. The van der Waals surface area contributed by atoms with Gasteiger partial charge in [-0.3, -0.25) is 9.52 Å². The Morgan fingerprint density at radius 3 is 2.62 bits per heavy atom. The molecule has 0 saturated carbocycles. The lowest BCUT2D eigenvalue weighted by Crippen LogP contribution is -2.43. The van der Waals surface area contributed by atoms with Crippen LogP contribution in [0.2, 0.25) is 0 Å². The molecule has 2 heterocycles. The van der Waals surface area contributed by atoms with E-state index in [2.05, 4.69) is 20.3 Å². The second-order valence-corrected chi connectivity index (χ2v) is 10.5. The Bertz CT molecular complexity index is 1190. The van der Waals surface area contributed by atoms with Crippen molar-refractivity contribution >= 4 is 38.6 Å². The van der Waals surface area contributed by atoms with Crippen molar-refractivity contribution in [2.24, 2.45) is 0 Å². The number of thiophene rings is 1. The van der Waals surface area contributed by atoms with Crippen molar-refractivity contribution in [3.63, 3.8) is 0 Å². The highest BCUT2D eigenvalue weighted by molar-refractivity contribution is 7.94. The van der Waals surface area contributed by atoms with Gasteiger partial charge in [0, 0.05) is 38.3 Å². The molecular formula is C23H26N4O3S2. The Morgan fingerprint density at radius 1 is 1.09 bits per heavy atom. The van der Waals surface area contributed by atoms with E-state index in [-0.39, 0.29) is 10.1 Å². The Labute approximate surface area is 192 Å². The summed E-state index contributed by atoms with van der Waals surface area (Å²) in [5.74, 6) is -0.255. The predicted molar refractivity (Wildman–Crippen MR) is 129 cm³/mol. The van der Waals surface area contributed by atoms with Gasteiger partial charge in [0.25, 0.3) is 15.9 Å². The third kappa shape index (κ3) is 5.29. The van der Waals surface area contributed by atoms with E-state index in [4.69, 9.17) is 0 Å². The smallest absolute Gasteiger partial charge is 0.271 e. The van der Waals surface area contributed by atoms with E-state index in [9.17, 15) is 13.2 Å². The second kappa shape index (κ2) is 9.72. The number of sulfonamides is 1. The standard InChI is InChI=1S/C23H26N4O3S2/c1-17-4-2-5-18(14-17)16-25-23(28)19-7-8-21(27-11-9-24-10-12-27)20(15-19)26-32(29,30)22-6-3-13-31-22/h2-8,13-15,24,26H,9-12,16H2,1H3,(H,25,28). The summed E-state index contributed by atoms with van der Waals surface area (Å²) in [7, 11) is -3.74. The molecule has 0 unspecified atom stereocenters. The summed E-state index contributed by atoms with van der Waals surface area (Å²) in [6.07, 6.45) is 0. The van der Waals surface area contributed by atoms with Gasteiger partial charge in [0.05, 0.1) is 11.4 Å². The van der Waals surface area contributed by atoms with Crippen LogP contribution in [0.5, 0.6) is 0 Å². The van der Waals surface area contributed by atoms with Crippen LogP contribution in [0, 0.1) is 6.92 Å². The average Bonchev–Trinajstić information content (AvgIpc) is 3.34. The molecule has 2 aromatic carbocycles. The summed E-state index contributed by atoms with van der Waals surface area (Å²) >= 11 is 1.15. The first-order valence-corrected chi connectivity index (χ1v) is 12.8. The Balaban J connectivity index is 1.59. The minimum Gasteiger partial charge on any atom is -0.367 e. The Kier molecular flexibility index (Phi) is 6.78. The second-order valence-electron chi connectivity index (χ2n) is 7.68. The maximum Gasteiger partial charge on any atom is 0.271 e. The van der Waals surface area contributed by atoms with Gasteiger partial charge in [-0.2, -0.15) is 0 Å². The summed E-state index contributed by atoms with van der Waals surface area (Å²) in [4.78, 5) is 14.9. The summed E-state index contributed by atoms with van der Waals surface area (Å²) in [6.45, 7) is 5.55. The Morgan fingerprint density at radius 2 is 1.91 bits per heavy atom. The molecule has 0 atom stereocenters. The minimum absolute atomic E-state index is 0.234. The molecule has 0 aliphatic carbocycles. The van der Waals surface area contributed by atoms with Crippen molar-refractivity contribution in [3.05, 3.63) is 76.7 Å². The van der Waals surface area contributed by atoms with Crippen LogP contribution in [0.4, 0.5) is 11.4 Å². The molecule has 0 radical (unpaired) electrons. The summed E-state index contributed by atoms with van der Waals surface area (Å²) < 4.78 is 28.7. The monoisotopic (exact) mass is 470 g/mol. The number of nitrogens with zero attached hydrogens (tertiary/aromatic N) is 1. The predicted octanol–water partition coefficient (Wildman–Crippen LogP) is 3.20. The molecule has 9 heteroatoms. The number of aryl methyl sites for hydroxylation is 1. The van der Waals surface area contributed by atoms with Crippen LogP contribution in [-0.4, -0.2) is 40.5 Å². The van der Waals surface area contributed by atoms with E-state index >= 15 is 0 Å². The van der Waals surface area contributed by atoms with Crippen LogP contribution in [0.15, 0.2) is 64.2 Å². The van der Waals surface area contributed by atoms with Crippen LogP contribution >= 0.6 is 11.3 Å². The summed E-state index contributed by atoms with van der Waals surface area (Å²) in [5, 5.41) is 7.94. The number of carbonyl (C=O) groups is 1. The Hall–Kier alpha value is -2.88. The first-order chi connectivity index (χ1) is 15.4. The lowest BCUT2D eigenvalue weighted by Gasteiger charge is -2.31. The zero-order valence-corrected chi connectivity index (χ0v) is 19.4. The van der Waals surface area contributed by atoms with Gasteiger partial charge in [0.2, 0.25) is 0 Å². The van der Waals surface area contributed by atoms with Crippen molar-refractivity contribution in [1.29, 1.82) is 0 Å². The molecule has 32 heavy (non-hydrogen) atoms. The number of hydrogen-bond acceptors (Lipinski definition) is 6. The third-order valence-electron chi connectivity index (χ3n) is 5.26. The molecule has 1 aliphatic rings. The molecule has 3 aromatic rings. The first kappa shape index (κ1) is 22.3. The maximum atomic E-state index is 12.9. The van der Waals surface area contributed by atoms with Crippen molar-refractivity contribution in [2.45, 2.75) is 17.7 Å². The van der Waals surface area contributed by atoms with E-state index in [0.29, 0.717) is 17.8 Å². The van der Waals surface area contributed by atoms with Crippen molar-refractivity contribution in [3.8, 4) is 0 Å². The van der Waals surface area contributed by atoms with Gasteiger partial charge >= 0.3 is 0 Å². The molecule has 1 aromatic heterocycles. The van der Waals surface area contributed by atoms with Gasteiger partial charge in [-0.1, -0.05) is 35.9 Å². The van der Waals surface area contributed by atoms with Gasteiger partial charge < -0.3 is 15.5 Å². The van der Waals surface area contributed by atoms with Crippen LogP contribution in [0.3, 0.4) is 0 Å². The normalized spacial score (nSPS) is 14.2. The summed E-state index contributed by atoms with van der Waals surface area (Å²) in [5.41, 5.74) is 3.71. The molecule has 0 spiro atoms. The number of anilines is 2. The molecule has 1 aliphatic heterocycles. The molecule has 1 amide bonds. The average molecular weight is 471 g/mol. The quantitative estimate of drug-likeness (QED) is 0.493. The SMILES string of the molecule is Cc1cccc(CNC(=O)c2ccc(N3CCNCC3)c(NS(=O)(=O)c3cccs3)c2)c1. The van der Waals surface area contributed by atoms with Crippen LogP contribution < -0.4 is 20.3 Å². The number of piperazine rings is 1. The molecule has 7 nitrogen and oxygen atoms in total. The number of hydrogen-bond donors (Lipinski definition) is 3. The zero-order valence-electron chi connectivity index (χ0n) is 17.8. The number of amides is 1. The highest BCUT2D eigenvalue weighted by Gasteiger charge is 2.22. The van der Waals surface area contributed by atoms with Gasteiger partial charge in [0.1, 0.15) is 4.21 Å². The number of nitrogens with one attached hydrogen (secondary N) is 3. The van der Waals surface area contributed by atoms with Gasteiger partial charge in [-0.15, -0.1) is 11.3 Å². The van der Waals surface area contributed by atoms with E-state index in [1.54, 1.807) is 29.6 Å². The highest BCUT2D eigenvalue weighted by Crippen LogP contribution is 2.31. The van der Waals surface area contributed by atoms with Crippen LogP contribution in [0.1, 0.15) is 21.5 Å². The number of carbonyl (C=O) groups excluding carboxylic acids is 1. The minimum atomic E-state index is -3.74. The van der Waals surface area contributed by atoms with Crippen LogP contribution in [0.25, 0.3) is 0 Å². The van der Waals surface area contributed by atoms with Crippen molar-refractivity contribution < 1.29 is 13.2 Å². The molecule has 1 fully saturated rings. The topological polar surface area (TPSA) is 90.5 Å². The van der Waals surface area contributed by atoms with E-state index in [0.717, 1.165) is 54.3 Å². The molecule has 3 N–H and O–H groups in total. The number of rotatable bonds is 7. The van der Waals surface area contributed by atoms with Crippen molar-refractivity contribution in [2.75, 3.05) is 35.8 Å². The first-order valence-electron chi connectivity index (χ1n) is 10.4. The van der Waals surface area contributed by atoms with Gasteiger partial charge in [0.15, 0.2) is 0 Å². The highest BCUT2D eigenvalue weighted by atomic mass is 32.2. The molecule has 4 rings (SSSR count). The molecular weight excluding hydrogens is 444 g/mol. The lowest BCUT2D eigenvalue weighted by molar-refractivity contribution is 0.0951. The fourth-order valence-corrected chi connectivity index (χ4v) is 5.72. The van der Waals surface area contributed by atoms with E-state index in [1.165, 1.54) is 0 Å². The summed E-state index contributed by atoms with van der Waals surface area (Å²) in [6, 6.07) is 16.4. The fourth-order valence-electron chi connectivity index (χ4n) is 3.66. The lowest BCUT2D eigenvalue weighted by atomic mass is 10.1.